The van der Waals surface area contributed by atoms with Crippen LogP contribution in [0.5, 0.6) is 5.75 Å². The van der Waals surface area contributed by atoms with E-state index in [0.29, 0.717) is 12.5 Å². The van der Waals surface area contributed by atoms with Crippen molar-refractivity contribution in [3.63, 3.8) is 0 Å². The molecule has 100 valence electrons. The van der Waals surface area contributed by atoms with Gasteiger partial charge in [0.15, 0.2) is 0 Å². The molecule has 18 heavy (non-hydrogen) atoms. The molecule has 0 spiro atoms. The van der Waals surface area contributed by atoms with E-state index in [0.717, 1.165) is 38.2 Å². The summed E-state index contributed by atoms with van der Waals surface area (Å²) in [5, 5.41) is 3.23. The van der Waals surface area contributed by atoms with Crippen LogP contribution in [0.4, 0.5) is 13.2 Å². The third-order valence-electron chi connectivity index (χ3n) is 2.98. The highest BCUT2D eigenvalue weighted by Gasteiger charge is 2.31. The van der Waals surface area contributed by atoms with E-state index in [9.17, 15) is 13.2 Å². The van der Waals surface area contributed by atoms with E-state index in [-0.39, 0.29) is 5.75 Å². The molecule has 0 saturated carbocycles. The largest absolute Gasteiger partial charge is 0.492 e. The molecule has 0 radical (unpaired) electrons. The highest BCUT2D eigenvalue weighted by atomic mass is 19.4. The summed E-state index contributed by atoms with van der Waals surface area (Å²) in [5.74, 6) is 0.587. The van der Waals surface area contributed by atoms with E-state index in [1.807, 2.05) is 0 Å². The van der Waals surface area contributed by atoms with Gasteiger partial charge >= 0.3 is 6.18 Å². The molecule has 2 heterocycles. The monoisotopic (exact) mass is 260 g/mol. The number of pyridine rings is 1. The third-order valence-corrected chi connectivity index (χ3v) is 2.98. The van der Waals surface area contributed by atoms with Crippen LogP contribution in [0.25, 0.3) is 0 Å². The van der Waals surface area contributed by atoms with E-state index in [1.165, 1.54) is 6.20 Å². The van der Waals surface area contributed by atoms with Gasteiger partial charge in [-0.25, -0.2) is 0 Å². The van der Waals surface area contributed by atoms with E-state index in [4.69, 9.17) is 4.74 Å². The zero-order valence-electron chi connectivity index (χ0n) is 9.83. The van der Waals surface area contributed by atoms with Crippen molar-refractivity contribution in [2.24, 2.45) is 5.92 Å². The number of ether oxygens (including phenoxy) is 1. The first kappa shape index (κ1) is 13.1. The lowest BCUT2D eigenvalue weighted by molar-refractivity contribution is -0.138. The van der Waals surface area contributed by atoms with Gasteiger partial charge in [-0.1, -0.05) is 0 Å². The summed E-state index contributed by atoms with van der Waals surface area (Å²) in [6.45, 7) is 2.33. The number of piperidine rings is 1. The second-order valence-electron chi connectivity index (χ2n) is 4.41. The number of nitrogens with zero attached hydrogens (tertiary/aromatic N) is 1. The van der Waals surface area contributed by atoms with Gasteiger partial charge in [0.1, 0.15) is 5.75 Å². The van der Waals surface area contributed by atoms with Crippen molar-refractivity contribution in [3.05, 3.63) is 24.0 Å². The maximum Gasteiger partial charge on any atom is 0.418 e. The zero-order valence-corrected chi connectivity index (χ0v) is 9.83. The Hall–Kier alpha value is -1.30. The van der Waals surface area contributed by atoms with Crippen LogP contribution >= 0.6 is 0 Å². The normalized spacial score (nSPS) is 17.7. The molecule has 1 fully saturated rings. The molecule has 0 amide bonds. The molecule has 1 aliphatic heterocycles. The first-order valence-corrected chi connectivity index (χ1v) is 5.91. The van der Waals surface area contributed by atoms with Crippen molar-refractivity contribution >= 4 is 0 Å². The molecule has 2 rings (SSSR count). The van der Waals surface area contributed by atoms with Crippen molar-refractivity contribution in [1.82, 2.24) is 10.3 Å². The molecular weight excluding hydrogens is 245 g/mol. The van der Waals surface area contributed by atoms with Gasteiger partial charge in [-0.3, -0.25) is 4.98 Å². The molecular formula is C12H15F3N2O. The van der Waals surface area contributed by atoms with Gasteiger partial charge in [0, 0.05) is 6.20 Å². The van der Waals surface area contributed by atoms with Crippen molar-refractivity contribution in [2.45, 2.75) is 19.0 Å². The van der Waals surface area contributed by atoms with Crippen LogP contribution in [0.15, 0.2) is 18.5 Å². The fourth-order valence-corrected chi connectivity index (χ4v) is 1.92. The summed E-state index contributed by atoms with van der Waals surface area (Å²) in [7, 11) is 0. The van der Waals surface area contributed by atoms with Crippen LogP contribution in [0.2, 0.25) is 0 Å². The van der Waals surface area contributed by atoms with E-state index in [2.05, 4.69) is 10.3 Å². The molecule has 0 aromatic carbocycles. The molecule has 0 atom stereocenters. The molecule has 6 heteroatoms. The molecule has 1 aromatic heterocycles. The molecule has 0 unspecified atom stereocenters. The zero-order chi connectivity index (χ0) is 13.0. The Kier molecular flexibility index (Phi) is 4.06. The van der Waals surface area contributed by atoms with Crippen molar-refractivity contribution in [3.8, 4) is 5.75 Å². The highest BCUT2D eigenvalue weighted by Crippen LogP contribution is 2.30. The Morgan fingerprint density at radius 3 is 2.67 bits per heavy atom. The standard InChI is InChI=1S/C12H15F3N2O/c13-12(14,15)10-5-11(7-17-6-10)18-8-9-1-3-16-4-2-9/h5-7,9,16H,1-4,8H2. The lowest BCUT2D eigenvalue weighted by atomic mass is 9.99. The number of nitrogens with one attached hydrogen (secondary N) is 1. The Balaban J connectivity index is 1.92. The molecule has 1 aliphatic rings. The number of hydrogen-bond acceptors (Lipinski definition) is 3. The Labute approximate surface area is 103 Å². The third kappa shape index (κ3) is 3.60. The fraction of sp³-hybridized carbons (Fsp3) is 0.583. The smallest absolute Gasteiger partial charge is 0.418 e. The maximum atomic E-state index is 12.5. The van der Waals surface area contributed by atoms with Crippen molar-refractivity contribution < 1.29 is 17.9 Å². The van der Waals surface area contributed by atoms with Crippen molar-refractivity contribution in [2.75, 3.05) is 19.7 Å². The molecule has 1 N–H and O–H groups in total. The minimum absolute atomic E-state index is 0.184. The second kappa shape index (κ2) is 5.56. The van der Waals surface area contributed by atoms with Crippen molar-refractivity contribution in [1.29, 1.82) is 0 Å². The van der Waals surface area contributed by atoms with E-state index in [1.54, 1.807) is 0 Å². The molecule has 1 aromatic rings. The molecule has 1 saturated heterocycles. The predicted molar refractivity (Wildman–Crippen MR) is 60.3 cm³/mol. The van der Waals surface area contributed by atoms with Gasteiger partial charge in [-0.05, 0) is 37.9 Å². The summed E-state index contributed by atoms with van der Waals surface area (Å²) in [6.07, 6.45) is -0.270. The van der Waals surface area contributed by atoms with Crippen LogP contribution < -0.4 is 10.1 Å². The summed E-state index contributed by atoms with van der Waals surface area (Å²) < 4.78 is 42.8. The summed E-state index contributed by atoms with van der Waals surface area (Å²) in [5.41, 5.74) is -0.773. The quantitative estimate of drug-likeness (QED) is 0.906. The average Bonchev–Trinajstić information content (AvgIpc) is 2.37. The second-order valence-corrected chi connectivity index (χ2v) is 4.41. The molecule has 0 aliphatic carbocycles. The average molecular weight is 260 g/mol. The van der Waals surface area contributed by atoms with Gasteiger partial charge in [0.25, 0.3) is 0 Å². The summed E-state index contributed by atoms with van der Waals surface area (Å²) in [4.78, 5) is 3.56. The topological polar surface area (TPSA) is 34.1 Å². The van der Waals surface area contributed by atoms with Crippen LogP contribution in [0.1, 0.15) is 18.4 Å². The first-order valence-electron chi connectivity index (χ1n) is 5.91. The Morgan fingerprint density at radius 2 is 2.00 bits per heavy atom. The number of halogens is 3. The predicted octanol–water partition coefficient (Wildman–Crippen LogP) is 2.48. The number of alkyl halides is 3. The van der Waals surface area contributed by atoms with E-state index >= 15 is 0 Å². The summed E-state index contributed by atoms with van der Waals surface area (Å²) in [6, 6.07) is 0.994. The maximum absolute atomic E-state index is 12.5. The Morgan fingerprint density at radius 1 is 1.28 bits per heavy atom. The molecule has 3 nitrogen and oxygen atoms in total. The van der Waals surface area contributed by atoms with Crippen LogP contribution in [0, 0.1) is 5.92 Å². The SMILES string of the molecule is FC(F)(F)c1cncc(OCC2CCNCC2)c1. The number of aromatic nitrogens is 1. The highest BCUT2D eigenvalue weighted by molar-refractivity contribution is 5.25. The van der Waals surface area contributed by atoms with Gasteiger partial charge in [0.05, 0.1) is 18.4 Å². The lowest BCUT2D eigenvalue weighted by Gasteiger charge is -2.22. The van der Waals surface area contributed by atoms with Gasteiger partial charge in [-0.15, -0.1) is 0 Å². The van der Waals surface area contributed by atoms with Gasteiger partial charge in [-0.2, -0.15) is 13.2 Å². The van der Waals surface area contributed by atoms with Gasteiger partial charge < -0.3 is 10.1 Å². The van der Waals surface area contributed by atoms with Crippen LogP contribution in [-0.2, 0) is 6.18 Å². The van der Waals surface area contributed by atoms with Crippen LogP contribution in [-0.4, -0.2) is 24.7 Å². The Bertz CT molecular complexity index is 389. The lowest BCUT2D eigenvalue weighted by Crippen LogP contribution is -2.30. The fourth-order valence-electron chi connectivity index (χ4n) is 1.92. The first-order chi connectivity index (χ1) is 8.55. The molecule has 0 bridgehead atoms. The number of hydrogen-bond donors (Lipinski definition) is 1. The van der Waals surface area contributed by atoms with Crippen LogP contribution in [0.3, 0.4) is 0 Å². The summed E-state index contributed by atoms with van der Waals surface area (Å²) >= 11 is 0. The minimum Gasteiger partial charge on any atom is -0.492 e. The van der Waals surface area contributed by atoms with Gasteiger partial charge in [0.2, 0.25) is 0 Å². The minimum atomic E-state index is -4.37. The van der Waals surface area contributed by atoms with E-state index < -0.39 is 11.7 Å². The number of rotatable bonds is 3.